The van der Waals surface area contributed by atoms with E-state index in [-0.39, 0.29) is 12.6 Å². The Morgan fingerprint density at radius 3 is 2.42 bits per heavy atom. The standard InChI is InChI=1S/C14H19NO4/c16-12-6-11(7-13(17)8-12)15-14(18)19-9-10-4-2-1-3-5-10/h1-5,11-13,16-17H,6-9H2,(H,15,18)/t11?,12-,13+. The summed E-state index contributed by atoms with van der Waals surface area (Å²) in [6, 6.07) is 9.17. The third kappa shape index (κ3) is 4.54. The number of nitrogens with one attached hydrogen (secondary N) is 1. The number of hydrogen-bond acceptors (Lipinski definition) is 4. The van der Waals surface area contributed by atoms with Gasteiger partial charge in [0.05, 0.1) is 12.2 Å². The van der Waals surface area contributed by atoms with Crippen LogP contribution in [0.1, 0.15) is 24.8 Å². The second-order valence-electron chi connectivity index (χ2n) is 4.92. The van der Waals surface area contributed by atoms with Gasteiger partial charge in [-0.1, -0.05) is 30.3 Å². The van der Waals surface area contributed by atoms with Crippen LogP contribution in [0.25, 0.3) is 0 Å². The first-order valence-electron chi connectivity index (χ1n) is 6.47. The van der Waals surface area contributed by atoms with E-state index in [0.717, 1.165) is 5.56 Å². The van der Waals surface area contributed by atoms with Crippen molar-refractivity contribution in [3.63, 3.8) is 0 Å². The molecule has 3 atom stereocenters. The SMILES string of the molecule is O=C(NC1C[C@@H](O)C[C@@H](O)C1)OCc1ccccc1. The number of carbonyl (C=O) groups is 1. The van der Waals surface area contributed by atoms with Crippen LogP contribution in [0.5, 0.6) is 0 Å². The van der Waals surface area contributed by atoms with Crippen molar-refractivity contribution in [2.75, 3.05) is 0 Å². The summed E-state index contributed by atoms with van der Waals surface area (Å²) in [5.74, 6) is 0. The molecule has 1 amide bonds. The summed E-state index contributed by atoms with van der Waals surface area (Å²) in [5.41, 5.74) is 0.918. The average molecular weight is 265 g/mol. The fourth-order valence-corrected chi connectivity index (χ4v) is 2.31. The van der Waals surface area contributed by atoms with Crippen LogP contribution in [0.15, 0.2) is 30.3 Å². The van der Waals surface area contributed by atoms with Gasteiger partial charge in [-0.15, -0.1) is 0 Å². The Kier molecular flexibility index (Phi) is 4.76. The Bertz CT molecular complexity index is 399. The second kappa shape index (κ2) is 6.54. The van der Waals surface area contributed by atoms with Gasteiger partial charge in [-0.3, -0.25) is 0 Å². The maximum Gasteiger partial charge on any atom is 0.407 e. The summed E-state index contributed by atoms with van der Waals surface area (Å²) in [7, 11) is 0. The minimum Gasteiger partial charge on any atom is -0.445 e. The molecule has 0 spiro atoms. The average Bonchev–Trinajstić information content (AvgIpc) is 2.36. The Morgan fingerprint density at radius 2 is 1.79 bits per heavy atom. The maximum atomic E-state index is 11.6. The van der Waals surface area contributed by atoms with Gasteiger partial charge in [-0.2, -0.15) is 0 Å². The van der Waals surface area contributed by atoms with Crippen LogP contribution in [0.2, 0.25) is 0 Å². The van der Waals surface area contributed by atoms with Crippen molar-refractivity contribution in [2.45, 2.75) is 44.1 Å². The van der Waals surface area contributed by atoms with E-state index in [1.54, 1.807) is 0 Å². The van der Waals surface area contributed by atoms with Gasteiger partial charge < -0.3 is 20.3 Å². The van der Waals surface area contributed by atoms with Crippen molar-refractivity contribution in [3.8, 4) is 0 Å². The lowest BCUT2D eigenvalue weighted by Crippen LogP contribution is -2.44. The van der Waals surface area contributed by atoms with E-state index in [2.05, 4.69) is 5.32 Å². The lowest BCUT2D eigenvalue weighted by molar-refractivity contribution is 0.0241. The number of aliphatic hydroxyl groups is 2. The number of ether oxygens (including phenoxy) is 1. The highest BCUT2D eigenvalue weighted by atomic mass is 16.5. The lowest BCUT2D eigenvalue weighted by atomic mass is 9.91. The predicted molar refractivity (Wildman–Crippen MR) is 69.4 cm³/mol. The number of amides is 1. The molecule has 0 aliphatic heterocycles. The highest BCUT2D eigenvalue weighted by molar-refractivity contribution is 5.67. The van der Waals surface area contributed by atoms with Gasteiger partial charge in [-0.25, -0.2) is 4.79 Å². The first-order chi connectivity index (χ1) is 9.13. The normalized spacial score (nSPS) is 26.7. The van der Waals surface area contributed by atoms with Gasteiger partial charge in [0.25, 0.3) is 0 Å². The highest BCUT2D eigenvalue weighted by Crippen LogP contribution is 2.19. The summed E-state index contributed by atoms with van der Waals surface area (Å²) in [6.45, 7) is 0.213. The smallest absolute Gasteiger partial charge is 0.407 e. The molecule has 1 aliphatic rings. The molecule has 1 aromatic rings. The van der Waals surface area contributed by atoms with Gasteiger partial charge in [0.15, 0.2) is 0 Å². The Morgan fingerprint density at radius 1 is 1.16 bits per heavy atom. The molecule has 0 saturated heterocycles. The van der Waals surface area contributed by atoms with Crippen LogP contribution in [0.3, 0.4) is 0 Å². The van der Waals surface area contributed by atoms with Crippen molar-refractivity contribution >= 4 is 6.09 Å². The topological polar surface area (TPSA) is 78.8 Å². The van der Waals surface area contributed by atoms with Crippen LogP contribution >= 0.6 is 0 Å². The molecule has 5 nitrogen and oxygen atoms in total. The molecule has 0 bridgehead atoms. The monoisotopic (exact) mass is 265 g/mol. The van der Waals surface area contributed by atoms with Gasteiger partial charge in [0, 0.05) is 6.04 Å². The number of hydrogen-bond donors (Lipinski definition) is 3. The summed E-state index contributed by atoms with van der Waals surface area (Å²) >= 11 is 0. The second-order valence-corrected chi connectivity index (χ2v) is 4.92. The number of carbonyl (C=O) groups excluding carboxylic acids is 1. The predicted octanol–water partition coefficient (Wildman–Crippen LogP) is 1.19. The van der Waals surface area contributed by atoms with E-state index in [1.807, 2.05) is 30.3 Å². The first-order valence-corrected chi connectivity index (χ1v) is 6.47. The summed E-state index contributed by atoms with van der Waals surface area (Å²) in [4.78, 5) is 11.6. The van der Waals surface area contributed by atoms with Gasteiger partial charge in [0.2, 0.25) is 0 Å². The van der Waals surface area contributed by atoms with E-state index >= 15 is 0 Å². The van der Waals surface area contributed by atoms with Crippen molar-refractivity contribution in [1.82, 2.24) is 5.32 Å². The van der Waals surface area contributed by atoms with Gasteiger partial charge in [-0.05, 0) is 24.8 Å². The number of alkyl carbamates (subject to hydrolysis) is 1. The number of aliphatic hydroxyl groups excluding tert-OH is 2. The fraction of sp³-hybridized carbons (Fsp3) is 0.500. The molecule has 2 rings (SSSR count). The lowest BCUT2D eigenvalue weighted by Gasteiger charge is -2.29. The molecule has 1 fully saturated rings. The Hall–Kier alpha value is -1.59. The number of benzene rings is 1. The zero-order chi connectivity index (χ0) is 13.7. The third-order valence-corrected chi connectivity index (χ3v) is 3.19. The number of rotatable bonds is 3. The molecule has 1 unspecified atom stereocenters. The van der Waals surface area contributed by atoms with Crippen molar-refractivity contribution in [2.24, 2.45) is 0 Å². The third-order valence-electron chi connectivity index (χ3n) is 3.19. The van der Waals surface area contributed by atoms with Crippen LogP contribution in [-0.2, 0) is 11.3 Å². The van der Waals surface area contributed by atoms with Gasteiger partial charge >= 0.3 is 6.09 Å². The van der Waals surface area contributed by atoms with Crippen LogP contribution in [0, 0.1) is 0 Å². The molecule has 1 aromatic carbocycles. The van der Waals surface area contributed by atoms with Crippen LogP contribution < -0.4 is 5.32 Å². The van der Waals surface area contributed by atoms with Gasteiger partial charge in [0.1, 0.15) is 6.61 Å². The summed E-state index contributed by atoms with van der Waals surface area (Å²) < 4.78 is 5.09. The maximum absolute atomic E-state index is 11.6. The molecule has 5 heteroatoms. The molecule has 0 radical (unpaired) electrons. The molecule has 104 valence electrons. The Labute approximate surface area is 112 Å². The molecular weight excluding hydrogens is 246 g/mol. The van der Waals surface area contributed by atoms with Crippen LogP contribution in [-0.4, -0.2) is 34.6 Å². The zero-order valence-corrected chi connectivity index (χ0v) is 10.7. The highest BCUT2D eigenvalue weighted by Gasteiger charge is 2.27. The quantitative estimate of drug-likeness (QED) is 0.767. The van der Waals surface area contributed by atoms with E-state index in [9.17, 15) is 15.0 Å². The van der Waals surface area contributed by atoms with E-state index < -0.39 is 18.3 Å². The van der Waals surface area contributed by atoms with Crippen molar-refractivity contribution in [3.05, 3.63) is 35.9 Å². The zero-order valence-electron chi connectivity index (χ0n) is 10.7. The van der Waals surface area contributed by atoms with E-state index in [4.69, 9.17) is 4.74 Å². The first kappa shape index (κ1) is 13.8. The molecular formula is C14H19NO4. The van der Waals surface area contributed by atoms with E-state index in [1.165, 1.54) is 0 Å². The van der Waals surface area contributed by atoms with Crippen LogP contribution in [0.4, 0.5) is 4.79 Å². The molecule has 1 saturated carbocycles. The molecule has 0 heterocycles. The molecule has 0 aromatic heterocycles. The fourth-order valence-electron chi connectivity index (χ4n) is 2.31. The Balaban J connectivity index is 1.75. The van der Waals surface area contributed by atoms with E-state index in [0.29, 0.717) is 19.3 Å². The molecule has 19 heavy (non-hydrogen) atoms. The summed E-state index contributed by atoms with van der Waals surface area (Å²) in [5, 5.41) is 21.7. The molecule has 1 aliphatic carbocycles. The summed E-state index contributed by atoms with van der Waals surface area (Å²) in [6.07, 6.45) is -0.367. The largest absolute Gasteiger partial charge is 0.445 e. The van der Waals surface area contributed by atoms with Crippen molar-refractivity contribution in [1.29, 1.82) is 0 Å². The molecule has 3 N–H and O–H groups in total. The minimum absolute atomic E-state index is 0.213. The van der Waals surface area contributed by atoms with Crippen molar-refractivity contribution < 1.29 is 19.7 Å². The minimum atomic E-state index is -0.567.